The Morgan fingerprint density at radius 3 is 2.71 bits per heavy atom. The van der Waals surface area contributed by atoms with Crippen LogP contribution in [0.3, 0.4) is 0 Å². The lowest BCUT2D eigenvalue weighted by atomic mass is 9.83. The predicted octanol–water partition coefficient (Wildman–Crippen LogP) is 1.61. The Morgan fingerprint density at radius 2 is 2.06 bits per heavy atom. The summed E-state index contributed by atoms with van der Waals surface area (Å²) >= 11 is 0. The summed E-state index contributed by atoms with van der Waals surface area (Å²) in [5, 5.41) is 0. The van der Waals surface area contributed by atoms with Gasteiger partial charge >= 0.3 is 5.97 Å². The first-order valence-electron chi connectivity index (χ1n) is 5.43. The highest BCUT2D eigenvalue weighted by molar-refractivity contribution is 6.01. The van der Waals surface area contributed by atoms with Crippen LogP contribution in [0.1, 0.15) is 22.3 Å². The quantitative estimate of drug-likeness (QED) is 0.729. The number of methoxy groups -OCH3 is 2. The SMILES string of the molecule is COC(=O)[C@@H]1CC(=O)c2cc(OC)ccc2C1. The molecule has 0 aromatic heterocycles. The molecule has 4 heteroatoms. The summed E-state index contributed by atoms with van der Waals surface area (Å²) in [5.74, 6) is -0.0395. The molecule has 2 rings (SSSR count). The number of benzene rings is 1. The first-order chi connectivity index (χ1) is 8.15. The molecule has 1 aromatic rings. The Kier molecular flexibility index (Phi) is 3.13. The minimum atomic E-state index is -0.353. The molecule has 0 amide bonds. The molecule has 1 atom stereocenters. The zero-order chi connectivity index (χ0) is 12.4. The number of carbonyl (C=O) groups excluding carboxylic acids is 2. The van der Waals surface area contributed by atoms with E-state index in [9.17, 15) is 9.59 Å². The minimum Gasteiger partial charge on any atom is -0.497 e. The van der Waals surface area contributed by atoms with E-state index in [-0.39, 0.29) is 24.1 Å². The van der Waals surface area contributed by atoms with Crippen LogP contribution < -0.4 is 4.74 Å². The van der Waals surface area contributed by atoms with Crippen LogP contribution in [0, 0.1) is 5.92 Å². The van der Waals surface area contributed by atoms with E-state index in [4.69, 9.17) is 4.74 Å². The van der Waals surface area contributed by atoms with E-state index in [1.54, 1.807) is 19.2 Å². The van der Waals surface area contributed by atoms with Crippen LogP contribution >= 0.6 is 0 Å². The van der Waals surface area contributed by atoms with Crippen LogP contribution in [0.15, 0.2) is 18.2 Å². The molecule has 90 valence electrons. The smallest absolute Gasteiger partial charge is 0.309 e. The van der Waals surface area contributed by atoms with E-state index < -0.39 is 0 Å². The van der Waals surface area contributed by atoms with E-state index >= 15 is 0 Å². The second kappa shape index (κ2) is 4.57. The Labute approximate surface area is 99.5 Å². The van der Waals surface area contributed by atoms with Gasteiger partial charge < -0.3 is 9.47 Å². The molecule has 0 aliphatic heterocycles. The fraction of sp³-hybridized carbons (Fsp3) is 0.385. The highest BCUT2D eigenvalue weighted by atomic mass is 16.5. The summed E-state index contributed by atoms with van der Waals surface area (Å²) in [6.07, 6.45) is 0.768. The molecule has 1 aromatic carbocycles. The van der Waals surface area contributed by atoms with Gasteiger partial charge in [-0.25, -0.2) is 0 Å². The van der Waals surface area contributed by atoms with Crippen molar-refractivity contribution in [2.24, 2.45) is 5.92 Å². The van der Waals surface area contributed by atoms with Crippen molar-refractivity contribution in [1.29, 1.82) is 0 Å². The Bertz CT molecular complexity index is 464. The number of hydrogen-bond donors (Lipinski definition) is 0. The van der Waals surface area contributed by atoms with Gasteiger partial charge in [-0.2, -0.15) is 0 Å². The highest BCUT2D eigenvalue weighted by Gasteiger charge is 2.30. The Morgan fingerprint density at radius 1 is 1.29 bits per heavy atom. The van der Waals surface area contributed by atoms with Gasteiger partial charge in [0, 0.05) is 12.0 Å². The standard InChI is InChI=1S/C13H14O4/c1-16-10-4-3-8-5-9(13(15)17-2)6-12(14)11(8)7-10/h3-4,7,9H,5-6H2,1-2H3/t9-/m0/s1. The molecule has 0 saturated carbocycles. The Balaban J connectivity index is 2.32. The van der Waals surface area contributed by atoms with Crippen molar-refractivity contribution in [3.05, 3.63) is 29.3 Å². The van der Waals surface area contributed by atoms with Gasteiger partial charge in [-0.15, -0.1) is 0 Å². The molecule has 0 heterocycles. The van der Waals surface area contributed by atoms with E-state index in [0.717, 1.165) is 5.56 Å². The zero-order valence-electron chi connectivity index (χ0n) is 9.86. The van der Waals surface area contributed by atoms with Gasteiger partial charge in [0.2, 0.25) is 0 Å². The monoisotopic (exact) mass is 234 g/mol. The number of hydrogen-bond acceptors (Lipinski definition) is 4. The molecule has 1 aliphatic carbocycles. The maximum Gasteiger partial charge on any atom is 0.309 e. The van der Waals surface area contributed by atoms with Gasteiger partial charge in [-0.1, -0.05) is 6.07 Å². The number of fused-ring (bicyclic) bond motifs is 1. The van der Waals surface area contributed by atoms with Gasteiger partial charge in [0.05, 0.1) is 20.1 Å². The van der Waals surface area contributed by atoms with Crippen molar-refractivity contribution in [3.8, 4) is 5.75 Å². The fourth-order valence-electron chi connectivity index (χ4n) is 2.12. The molecule has 4 nitrogen and oxygen atoms in total. The fourth-order valence-corrected chi connectivity index (χ4v) is 2.12. The summed E-state index contributed by atoms with van der Waals surface area (Å²) in [5.41, 5.74) is 1.54. The topological polar surface area (TPSA) is 52.6 Å². The predicted molar refractivity (Wildman–Crippen MR) is 61.2 cm³/mol. The average molecular weight is 234 g/mol. The molecule has 17 heavy (non-hydrogen) atoms. The normalized spacial score (nSPS) is 18.5. The third kappa shape index (κ3) is 2.16. The van der Waals surface area contributed by atoms with Crippen LogP contribution in [0.5, 0.6) is 5.75 Å². The number of ketones is 1. The highest BCUT2D eigenvalue weighted by Crippen LogP contribution is 2.29. The average Bonchev–Trinajstić information content (AvgIpc) is 2.37. The lowest BCUT2D eigenvalue weighted by molar-refractivity contribution is -0.145. The lowest BCUT2D eigenvalue weighted by Crippen LogP contribution is -2.27. The van der Waals surface area contributed by atoms with Crippen LogP contribution in [-0.4, -0.2) is 26.0 Å². The second-order valence-corrected chi connectivity index (χ2v) is 4.07. The Hall–Kier alpha value is -1.84. The summed E-state index contributed by atoms with van der Waals surface area (Å²) in [6, 6.07) is 5.36. The maximum absolute atomic E-state index is 11.9. The molecule has 0 fully saturated rings. The van der Waals surface area contributed by atoms with Crippen molar-refractivity contribution >= 4 is 11.8 Å². The maximum atomic E-state index is 11.9. The van der Waals surface area contributed by atoms with Gasteiger partial charge in [0.15, 0.2) is 5.78 Å². The van der Waals surface area contributed by atoms with E-state index in [2.05, 4.69) is 4.74 Å². The third-order valence-electron chi connectivity index (χ3n) is 3.05. The van der Waals surface area contributed by atoms with Crippen molar-refractivity contribution in [3.63, 3.8) is 0 Å². The van der Waals surface area contributed by atoms with Crippen LogP contribution in [-0.2, 0) is 16.0 Å². The minimum absolute atomic E-state index is 0.0273. The van der Waals surface area contributed by atoms with Crippen LogP contribution in [0.4, 0.5) is 0 Å². The number of ether oxygens (including phenoxy) is 2. The molecule has 0 radical (unpaired) electrons. The molecule has 0 saturated heterocycles. The molecule has 0 spiro atoms. The van der Waals surface area contributed by atoms with Gasteiger partial charge in [-0.05, 0) is 24.1 Å². The van der Waals surface area contributed by atoms with Crippen molar-refractivity contribution in [2.45, 2.75) is 12.8 Å². The van der Waals surface area contributed by atoms with E-state index in [1.165, 1.54) is 7.11 Å². The largest absolute Gasteiger partial charge is 0.497 e. The third-order valence-corrected chi connectivity index (χ3v) is 3.05. The van der Waals surface area contributed by atoms with Crippen molar-refractivity contribution < 1.29 is 19.1 Å². The van der Waals surface area contributed by atoms with Crippen molar-refractivity contribution in [2.75, 3.05) is 14.2 Å². The van der Waals surface area contributed by atoms with Crippen LogP contribution in [0.25, 0.3) is 0 Å². The van der Waals surface area contributed by atoms with Gasteiger partial charge in [0.1, 0.15) is 5.75 Å². The lowest BCUT2D eigenvalue weighted by Gasteiger charge is -2.21. The van der Waals surface area contributed by atoms with E-state index in [0.29, 0.717) is 17.7 Å². The summed E-state index contributed by atoms with van der Waals surface area (Å²) in [4.78, 5) is 23.4. The molecule has 0 unspecified atom stereocenters. The molecule has 0 N–H and O–H groups in total. The van der Waals surface area contributed by atoms with Gasteiger partial charge in [-0.3, -0.25) is 9.59 Å². The van der Waals surface area contributed by atoms with Crippen molar-refractivity contribution in [1.82, 2.24) is 0 Å². The molecule has 1 aliphatic rings. The first kappa shape index (κ1) is 11.6. The number of esters is 1. The van der Waals surface area contributed by atoms with Gasteiger partial charge in [0.25, 0.3) is 0 Å². The number of carbonyl (C=O) groups is 2. The van der Waals surface area contributed by atoms with E-state index in [1.807, 2.05) is 6.07 Å². The second-order valence-electron chi connectivity index (χ2n) is 4.07. The first-order valence-corrected chi connectivity index (χ1v) is 5.43. The molecular formula is C13H14O4. The zero-order valence-corrected chi connectivity index (χ0v) is 9.86. The number of Topliss-reactive ketones (excluding diaryl/α,β-unsaturated/α-hetero) is 1. The summed E-state index contributed by atoms with van der Waals surface area (Å²) in [6.45, 7) is 0. The van der Waals surface area contributed by atoms with Crippen LogP contribution in [0.2, 0.25) is 0 Å². The number of rotatable bonds is 2. The molecule has 0 bridgehead atoms. The summed E-state index contributed by atoms with van der Waals surface area (Å²) in [7, 11) is 2.91. The molecular weight excluding hydrogens is 220 g/mol. The summed E-state index contributed by atoms with van der Waals surface area (Å²) < 4.78 is 9.76.